The number of piperazine rings is 1. The Labute approximate surface area is 234 Å². The molecule has 0 bridgehead atoms. The molecule has 9 heteroatoms. The van der Waals surface area contributed by atoms with E-state index >= 15 is 0 Å². The van der Waals surface area contributed by atoms with Crippen LogP contribution in [0.25, 0.3) is 0 Å². The first kappa shape index (κ1) is 27.1. The van der Waals surface area contributed by atoms with E-state index in [1.807, 2.05) is 21.9 Å². The van der Waals surface area contributed by atoms with E-state index in [4.69, 9.17) is 9.47 Å². The van der Waals surface area contributed by atoms with Crippen molar-refractivity contribution in [1.29, 1.82) is 0 Å². The van der Waals surface area contributed by atoms with Gasteiger partial charge >= 0.3 is 0 Å². The van der Waals surface area contributed by atoms with Crippen LogP contribution in [0, 0.1) is 0 Å². The Kier molecular flexibility index (Phi) is 8.19. The van der Waals surface area contributed by atoms with Crippen LogP contribution in [-0.2, 0) is 0 Å². The molecule has 1 N–H and O–H groups in total. The number of likely N-dealkylation sites (tertiary alicyclic amines) is 1. The minimum Gasteiger partial charge on any atom is -0.497 e. The van der Waals surface area contributed by atoms with Crippen LogP contribution in [0.1, 0.15) is 43.9 Å². The van der Waals surface area contributed by atoms with Gasteiger partial charge in [0.25, 0.3) is 17.7 Å². The maximum absolute atomic E-state index is 13.6. The van der Waals surface area contributed by atoms with E-state index in [9.17, 15) is 14.4 Å². The van der Waals surface area contributed by atoms with Gasteiger partial charge in [-0.15, -0.1) is 0 Å². The molecule has 0 aliphatic carbocycles. The van der Waals surface area contributed by atoms with E-state index in [0.29, 0.717) is 60.1 Å². The molecule has 0 radical (unpaired) electrons. The van der Waals surface area contributed by atoms with Gasteiger partial charge in [0.15, 0.2) is 0 Å². The van der Waals surface area contributed by atoms with E-state index in [-0.39, 0.29) is 17.7 Å². The van der Waals surface area contributed by atoms with Gasteiger partial charge in [0.2, 0.25) is 0 Å². The monoisotopic (exact) mass is 542 g/mol. The third kappa shape index (κ3) is 5.88. The van der Waals surface area contributed by atoms with Crippen molar-refractivity contribution in [3.63, 3.8) is 0 Å². The number of anilines is 2. The van der Waals surface area contributed by atoms with E-state index in [1.54, 1.807) is 68.8 Å². The maximum atomic E-state index is 13.6. The number of nitrogens with zero attached hydrogens (tertiary/aromatic N) is 3. The molecule has 2 aliphatic heterocycles. The summed E-state index contributed by atoms with van der Waals surface area (Å²) in [6.07, 6.45) is 1.97. The van der Waals surface area contributed by atoms with Crippen molar-refractivity contribution in [2.45, 2.75) is 12.8 Å². The minimum absolute atomic E-state index is 0.0220. The Morgan fingerprint density at radius 3 is 2.02 bits per heavy atom. The first-order valence-corrected chi connectivity index (χ1v) is 13.5. The lowest BCUT2D eigenvalue weighted by Crippen LogP contribution is -2.49. The molecule has 2 fully saturated rings. The smallest absolute Gasteiger partial charge is 0.256 e. The summed E-state index contributed by atoms with van der Waals surface area (Å²) in [4.78, 5) is 45.5. The summed E-state index contributed by atoms with van der Waals surface area (Å²) < 4.78 is 10.4. The van der Waals surface area contributed by atoms with Crippen LogP contribution in [0.5, 0.6) is 11.5 Å². The second kappa shape index (κ2) is 12.1. The number of amides is 3. The van der Waals surface area contributed by atoms with Crippen LogP contribution in [0.15, 0.2) is 66.7 Å². The summed E-state index contributed by atoms with van der Waals surface area (Å²) in [5.74, 6) is 0.960. The Bertz CT molecular complexity index is 1380. The third-order valence-electron chi connectivity index (χ3n) is 7.45. The molecule has 0 unspecified atom stereocenters. The molecule has 9 nitrogen and oxygen atoms in total. The fourth-order valence-electron chi connectivity index (χ4n) is 5.19. The van der Waals surface area contributed by atoms with Crippen molar-refractivity contribution in [3.8, 4) is 11.5 Å². The zero-order valence-corrected chi connectivity index (χ0v) is 22.9. The molecule has 40 heavy (non-hydrogen) atoms. The molecule has 3 aromatic rings. The van der Waals surface area contributed by atoms with E-state index in [2.05, 4.69) is 10.2 Å². The van der Waals surface area contributed by atoms with Gasteiger partial charge in [-0.05, 0) is 73.5 Å². The summed E-state index contributed by atoms with van der Waals surface area (Å²) in [6.45, 7) is 3.72. The number of carbonyl (C=O) groups is 3. The summed E-state index contributed by atoms with van der Waals surface area (Å²) in [5.41, 5.74) is 3.00. The standard InChI is InChI=1S/C31H34N4O5/c1-39-25-11-8-22(9-12-25)30(37)35-18-16-33(17-19-35)28-13-10-24(21-27(28)31(38)34-14-3-4-15-34)32-29(36)23-6-5-7-26(20-23)40-2/h5-13,20-21H,3-4,14-19H2,1-2H3,(H,32,36). The number of rotatable bonds is 7. The fourth-order valence-corrected chi connectivity index (χ4v) is 5.19. The Balaban J connectivity index is 1.33. The maximum Gasteiger partial charge on any atom is 0.256 e. The first-order valence-electron chi connectivity index (χ1n) is 13.5. The van der Waals surface area contributed by atoms with Gasteiger partial charge in [-0.3, -0.25) is 14.4 Å². The first-order chi connectivity index (χ1) is 19.5. The van der Waals surface area contributed by atoms with E-state index < -0.39 is 0 Å². The predicted octanol–water partition coefficient (Wildman–Crippen LogP) is 4.15. The Hall–Kier alpha value is -4.53. The fraction of sp³-hybridized carbons (Fsp3) is 0.323. The van der Waals surface area contributed by atoms with Crippen molar-refractivity contribution in [1.82, 2.24) is 9.80 Å². The van der Waals surface area contributed by atoms with E-state index in [0.717, 1.165) is 31.6 Å². The number of hydrogen-bond acceptors (Lipinski definition) is 6. The van der Waals surface area contributed by atoms with Gasteiger partial charge in [-0.25, -0.2) is 0 Å². The lowest BCUT2D eigenvalue weighted by molar-refractivity contribution is 0.0743. The number of nitrogens with one attached hydrogen (secondary N) is 1. The molecule has 5 rings (SSSR count). The number of hydrogen-bond donors (Lipinski definition) is 1. The van der Waals surface area contributed by atoms with Crippen molar-refractivity contribution in [2.24, 2.45) is 0 Å². The molecule has 3 amide bonds. The third-order valence-corrected chi connectivity index (χ3v) is 7.45. The lowest BCUT2D eigenvalue weighted by Gasteiger charge is -2.37. The molecule has 2 aliphatic rings. The molecule has 3 aromatic carbocycles. The zero-order chi connectivity index (χ0) is 28.1. The van der Waals surface area contributed by atoms with Crippen molar-refractivity contribution < 1.29 is 23.9 Å². The van der Waals surface area contributed by atoms with Gasteiger partial charge in [0.1, 0.15) is 11.5 Å². The van der Waals surface area contributed by atoms with Gasteiger partial charge in [0, 0.05) is 61.8 Å². The second-order valence-electron chi connectivity index (χ2n) is 9.93. The zero-order valence-electron chi connectivity index (χ0n) is 22.9. The average Bonchev–Trinajstić information content (AvgIpc) is 3.56. The SMILES string of the molecule is COc1ccc(C(=O)N2CCN(c3ccc(NC(=O)c4cccc(OC)c4)cc3C(=O)N3CCCC3)CC2)cc1. The van der Waals surface area contributed by atoms with Gasteiger partial charge in [-0.1, -0.05) is 6.07 Å². The highest BCUT2D eigenvalue weighted by molar-refractivity contribution is 6.06. The highest BCUT2D eigenvalue weighted by atomic mass is 16.5. The molecule has 2 saturated heterocycles. The van der Waals surface area contributed by atoms with Crippen LogP contribution in [0.2, 0.25) is 0 Å². The van der Waals surface area contributed by atoms with Crippen molar-refractivity contribution in [3.05, 3.63) is 83.4 Å². The largest absolute Gasteiger partial charge is 0.497 e. The average molecular weight is 543 g/mol. The summed E-state index contributed by atoms with van der Waals surface area (Å²) in [6, 6.07) is 19.5. The normalized spacial score (nSPS) is 15.1. The van der Waals surface area contributed by atoms with E-state index in [1.165, 1.54) is 0 Å². The van der Waals surface area contributed by atoms with Crippen LogP contribution in [0.3, 0.4) is 0 Å². The van der Waals surface area contributed by atoms with Crippen molar-refractivity contribution in [2.75, 3.05) is 63.7 Å². The highest BCUT2D eigenvalue weighted by Crippen LogP contribution is 2.29. The number of ether oxygens (including phenoxy) is 2. The number of carbonyl (C=O) groups excluding carboxylic acids is 3. The van der Waals surface area contributed by atoms with Crippen LogP contribution in [-0.4, -0.2) is 81.0 Å². The van der Waals surface area contributed by atoms with Crippen LogP contribution >= 0.6 is 0 Å². The van der Waals surface area contributed by atoms with Gasteiger partial charge < -0.3 is 29.5 Å². The van der Waals surface area contributed by atoms with Crippen LogP contribution in [0.4, 0.5) is 11.4 Å². The predicted molar refractivity (Wildman–Crippen MR) is 154 cm³/mol. The minimum atomic E-state index is -0.281. The molecule has 2 heterocycles. The number of methoxy groups -OCH3 is 2. The topological polar surface area (TPSA) is 91.4 Å². The second-order valence-corrected chi connectivity index (χ2v) is 9.93. The molecule has 0 saturated carbocycles. The molecule has 0 aromatic heterocycles. The molecule has 208 valence electrons. The highest BCUT2D eigenvalue weighted by Gasteiger charge is 2.28. The number of benzene rings is 3. The van der Waals surface area contributed by atoms with Gasteiger partial charge in [0.05, 0.1) is 19.8 Å². The molecule has 0 atom stereocenters. The molecular weight excluding hydrogens is 508 g/mol. The van der Waals surface area contributed by atoms with Crippen LogP contribution < -0.4 is 19.7 Å². The lowest BCUT2D eigenvalue weighted by atomic mass is 10.1. The molecule has 0 spiro atoms. The molecular formula is C31H34N4O5. The Morgan fingerprint density at radius 1 is 0.675 bits per heavy atom. The summed E-state index contributed by atoms with van der Waals surface area (Å²) >= 11 is 0. The Morgan fingerprint density at radius 2 is 1.35 bits per heavy atom. The summed E-state index contributed by atoms with van der Waals surface area (Å²) in [7, 11) is 3.15. The van der Waals surface area contributed by atoms with Gasteiger partial charge in [-0.2, -0.15) is 0 Å². The quantitative estimate of drug-likeness (QED) is 0.482. The summed E-state index contributed by atoms with van der Waals surface area (Å²) in [5, 5.41) is 2.93. The van der Waals surface area contributed by atoms with Crippen molar-refractivity contribution >= 4 is 29.1 Å².